The first-order chi connectivity index (χ1) is 12.2. The fraction of sp³-hybridized carbons (Fsp3) is 0.789. The number of aromatic nitrogens is 1. The minimum absolute atomic E-state index is 0.344. The van der Waals surface area contributed by atoms with Gasteiger partial charge >= 0.3 is 0 Å². The van der Waals surface area contributed by atoms with Crippen LogP contribution in [0.2, 0.25) is 0 Å². The molecule has 1 saturated carbocycles. The lowest BCUT2D eigenvalue weighted by Crippen LogP contribution is -2.39. The summed E-state index contributed by atoms with van der Waals surface area (Å²) >= 11 is 1.76. The molecule has 0 saturated heterocycles. The third-order valence-corrected chi connectivity index (χ3v) is 5.97. The molecule has 2 N–H and O–H groups in total. The average Bonchev–Trinajstić information content (AvgIpc) is 3.24. The number of hydrogen-bond donors (Lipinski definition) is 2. The van der Waals surface area contributed by atoms with Crippen molar-refractivity contribution in [3.8, 4) is 0 Å². The summed E-state index contributed by atoms with van der Waals surface area (Å²) in [5.41, 5.74) is 1.47. The Kier molecular flexibility index (Phi) is 8.68. The van der Waals surface area contributed by atoms with E-state index in [1.165, 1.54) is 30.7 Å². The summed E-state index contributed by atoms with van der Waals surface area (Å²) in [5, 5.41) is 10.2. The maximum absolute atomic E-state index is 5.32. The number of aryl methyl sites for hydroxylation is 2. The minimum Gasteiger partial charge on any atom is -0.385 e. The molecule has 0 bridgehead atoms. The van der Waals surface area contributed by atoms with Crippen molar-refractivity contribution in [3.05, 3.63) is 16.1 Å². The summed E-state index contributed by atoms with van der Waals surface area (Å²) in [5.74, 6) is 0.946. The lowest BCUT2D eigenvalue weighted by molar-refractivity contribution is 0.141. The Morgan fingerprint density at radius 2 is 2.16 bits per heavy atom. The van der Waals surface area contributed by atoms with E-state index in [1.807, 2.05) is 0 Å². The van der Waals surface area contributed by atoms with Crippen LogP contribution in [-0.4, -0.2) is 44.3 Å². The number of methoxy groups -OCH3 is 1. The van der Waals surface area contributed by atoms with Crippen LogP contribution in [-0.2, 0) is 11.2 Å². The molecule has 0 amide bonds. The van der Waals surface area contributed by atoms with E-state index in [1.54, 1.807) is 18.4 Å². The van der Waals surface area contributed by atoms with Crippen molar-refractivity contribution in [1.29, 1.82) is 0 Å². The van der Waals surface area contributed by atoms with Gasteiger partial charge in [0.05, 0.1) is 5.01 Å². The Labute approximate surface area is 156 Å². The third kappa shape index (κ3) is 6.94. The molecule has 1 heterocycles. The lowest BCUT2D eigenvalue weighted by Gasteiger charge is -2.27. The molecule has 1 aromatic rings. The lowest BCUT2D eigenvalue weighted by atomic mass is 9.83. The highest BCUT2D eigenvalue weighted by molar-refractivity contribution is 7.09. The molecule has 6 heteroatoms. The molecule has 0 aromatic carbocycles. The van der Waals surface area contributed by atoms with Gasteiger partial charge in [0.2, 0.25) is 0 Å². The fourth-order valence-corrected chi connectivity index (χ4v) is 4.30. The van der Waals surface area contributed by atoms with Gasteiger partial charge < -0.3 is 15.4 Å². The van der Waals surface area contributed by atoms with Gasteiger partial charge in [-0.05, 0) is 44.9 Å². The minimum atomic E-state index is 0.344. The van der Waals surface area contributed by atoms with Crippen LogP contribution in [0.15, 0.2) is 10.4 Å². The largest absolute Gasteiger partial charge is 0.385 e. The van der Waals surface area contributed by atoms with Crippen molar-refractivity contribution in [2.45, 2.75) is 58.8 Å². The third-order valence-electron chi connectivity index (χ3n) is 4.94. The van der Waals surface area contributed by atoms with E-state index in [-0.39, 0.29) is 0 Å². The Balaban J connectivity index is 1.80. The van der Waals surface area contributed by atoms with Gasteiger partial charge in [-0.25, -0.2) is 4.98 Å². The quantitative estimate of drug-likeness (QED) is 0.378. The van der Waals surface area contributed by atoms with E-state index in [0.29, 0.717) is 5.41 Å². The number of thiazole rings is 1. The Morgan fingerprint density at radius 3 is 2.80 bits per heavy atom. The first kappa shape index (κ1) is 20.2. The number of rotatable bonds is 10. The summed E-state index contributed by atoms with van der Waals surface area (Å²) < 4.78 is 5.32. The van der Waals surface area contributed by atoms with Gasteiger partial charge in [-0.15, -0.1) is 11.3 Å². The normalized spacial score (nSPS) is 17.0. The smallest absolute Gasteiger partial charge is 0.191 e. The SMILES string of the molecule is CCNC(=NCC1(CCOC)CCCC1)NCCCc1nc(C)cs1. The van der Waals surface area contributed by atoms with E-state index in [2.05, 4.69) is 34.8 Å². The molecular weight excluding hydrogens is 332 g/mol. The van der Waals surface area contributed by atoms with E-state index in [9.17, 15) is 0 Å². The van der Waals surface area contributed by atoms with Crippen LogP contribution in [0.1, 0.15) is 56.2 Å². The van der Waals surface area contributed by atoms with Crippen molar-refractivity contribution in [2.24, 2.45) is 10.4 Å². The van der Waals surface area contributed by atoms with Gasteiger partial charge in [-0.2, -0.15) is 0 Å². The van der Waals surface area contributed by atoms with Gasteiger partial charge in [-0.3, -0.25) is 4.99 Å². The molecule has 1 fully saturated rings. The van der Waals surface area contributed by atoms with E-state index < -0.39 is 0 Å². The second kappa shape index (κ2) is 10.8. The Hall–Kier alpha value is -1.14. The van der Waals surface area contributed by atoms with Gasteiger partial charge in [0.25, 0.3) is 0 Å². The Bertz CT molecular complexity index is 523. The monoisotopic (exact) mass is 366 g/mol. The number of hydrogen-bond acceptors (Lipinski definition) is 4. The molecule has 5 nitrogen and oxygen atoms in total. The van der Waals surface area contributed by atoms with Gasteiger partial charge in [0.1, 0.15) is 0 Å². The van der Waals surface area contributed by atoms with E-state index in [0.717, 1.165) is 57.2 Å². The first-order valence-electron chi connectivity index (χ1n) is 9.59. The maximum atomic E-state index is 5.32. The van der Waals surface area contributed by atoms with Crippen LogP contribution in [0.3, 0.4) is 0 Å². The molecule has 25 heavy (non-hydrogen) atoms. The highest BCUT2D eigenvalue weighted by Gasteiger charge is 2.33. The summed E-state index contributed by atoms with van der Waals surface area (Å²) in [6.07, 6.45) is 8.45. The molecule has 0 unspecified atom stereocenters. The fourth-order valence-electron chi connectivity index (χ4n) is 3.48. The zero-order valence-corrected chi connectivity index (χ0v) is 16.9. The van der Waals surface area contributed by atoms with Crippen LogP contribution in [0.25, 0.3) is 0 Å². The molecule has 1 aliphatic carbocycles. The summed E-state index contributed by atoms with van der Waals surface area (Å²) in [4.78, 5) is 9.42. The molecule has 0 spiro atoms. The summed E-state index contributed by atoms with van der Waals surface area (Å²) in [7, 11) is 1.79. The topological polar surface area (TPSA) is 58.5 Å². The summed E-state index contributed by atoms with van der Waals surface area (Å²) in [6.45, 7) is 7.73. The Morgan fingerprint density at radius 1 is 1.36 bits per heavy atom. The number of aliphatic imine (C=N–C) groups is 1. The van der Waals surface area contributed by atoms with Crippen molar-refractivity contribution < 1.29 is 4.74 Å². The predicted molar refractivity (Wildman–Crippen MR) is 107 cm³/mol. The van der Waals surface area contributed by atoms with Gasteiger partial charge in [0.15, 0.2) is 5.96 Å². The molecule has 1 aromatic heterocycles. The van der Waals surface area contributed by atoms with E-state index >= 15 is 0 Å². The van der Waals surface area contributed by atoms with Gasteiger partial charge in [0, 0.05) is 50.8 Å². The second-order valence-electron chi connectivity index (χ2n) is 7.06. The highest BCUT2D eigenvalue weighted by atomic mass is 32.1. The number of nitrogens with zero attached hydrogens (tertiary/aromatic N) is 2. The van der Waals surface area contributed by atoms with E-state index in [4.69, 9.17) is 9.73 Å². The second-order valence-corrected chi connectivity index (χ2v) is 8.00. The standard InChI is InChI=1S/C19H34N4OS/c1-4-20-18(21-12-7-8-17-23-16(2)14-25-17)22-15-19(11-13-24-3)9-5-6-10-19/h14H,4-13,15H2,1-3H3,(H2,20,21,22). The maximum Gasteiger partial charge on any atom is 0.191 e. The van der Waals surface area contributed by atoms with Crippen molar-refractivity contribution in [1.82, 2.24) is 15.6 Å². The summed E-state index contributed by atoms with van der Waals surface area (Å²) in [6, 6.07) is 0. The molecule has 2 rings (SSSR count). The number of guanidine groups is 1. The average molecular weight is 367 g/mol. The van der Waals surface area contributed by atoms with Crippen LogP contribution in [0.5, 0.6) is 0 Å². The van der Waals surface area contributed by atoms with Crippen molar-refractivity contribution in [2.75, 3.05) is 33.4 Å². The van der Waals surface area contributed by atoms with Crippen molar-refractivity contribution >= 4 is 17.3 Å². The molecule has 0 aliphatic heterocycles. The van der Waals surface area contributed by atoms with Crippen LogP contribution in [0, 0.1) is 12.3 Å². The van der Waals surface area contributed by atoms with Crippen LogP contribution in [0.4, 0.5) is 0 Å². The molecule has 142 valence electrons. The molecule has 0 radical (unpaired) electrons. The highest BCUT2D eigenvalue weighted by Crippen LogP contribution is 2.41. The zero-order chi connectivity index (χ0) is 18.0. The first-order valence-corrected chi connectivity index (χ1v) is 10.5. The number of nitrogens with one attached hydrogen (secondary N) is 2. The van der Waals surface area contributed by atoms with Crippen LogP contribution >= 0.6 is 11.3 Å². The zero-order valence-electron chi connectivity index (χ0n) is 16.1. The van der Waals surface area contributed by atoms with Gasteiger partial charge in [-0.1, -0.05) is 12.8 Å². The molecule has 1 aliphatic rings. The molecular formula is C19H34N4OS. The van der Waals surface area contributed by atoms with Crippen LogP contribution < -0.4 is 10.6 Å². The van der Waals surface area contributed by atoms with Crippen molar-refractivity contribution in [3.63, 3.8) is 0 Å². The predicted octanol–water partition coefficient (Wildman–Crippen LogP) is 3.54. The molecule has 0 atom stereocenters. The number of ether oxygens (including phenoxy) is 1.